The molecule has 0 saturated carbocycles. The van der Waals surface area contributed by atoms with Gasteiger partial charge >= 0.3 is 7.12 Å². The third kappa shape index (κ3) is 3.86. The largest absolute Gasteiger partial charge is 0.525 e. The normalized spacial score (nSPS) is 20.0. The predicted molar refractivity (Wildman–Crippen MR) is 92.9 cm³/mol. The zero-order valence-electron chi connectivity index (χ0n) is 14.5. The molecule has 0 amide bonds. The van der Waals surface area contributed by atoms with Gasteiger partial charge in [-0.15, -0.1) is 11.3 Å². The minimum atomic E-state index is -0.967. The molecule has 1 aliphatic heterocycles. The van der Waals surface area contributed by atoms with E-state index in [4.69, 9.17) is 14.0 Å². The van der Waals surface area contributed by atoms with E-state index in [0.29, 0.717) is 12.2 Å². The van der Waals surface area contributed by atoms with E-state index in [-0.39, 0.29) is 5.73 Å². The fourth-order valence-corrected chi connectivity index (χ4v) is 2.93. The van der Waals surface area contributed by atoms with Gasteiger partial charge in [-0.1, -0.05) is 11.8 Å². The molecule has 6 heteroatoms. The summed E-state index contributed by atoms with van der Waals surface area (Å²) in [7, 11) is 0.631. The molecule has 0 unspecified atom stereocenters. The van der Waals surface area contributed by atoms with Crippen molar-refractivity contribution in [1.29, 1.82) is 0 Å². The molecule has 0 spiro atoms. The number of thiophene rings is 1. The van der Waals surface area contributed by atoms with Crippen LogP contribution in [0.1, 0.15) is 44.4 Å². The summed E-state index contributed by atoms with van der Waals surface area (Å²) < 4.78 is 31.2. The van der Waals surface area contributed by atoms with Crippen LogP contribution in [0.2, 0.25) is 0 Å². The molecule has 1 saturated heterocycles. The van der Waals surface area contributed by atoms with Gasteiger partial charge in [0, 0.05) is 12.0 Å². The Bertz CT molecular complexity index is 651. The summed E-state index contributed by atoms with van der Waals surface area (Å²) in [6, 6.07) is 3.74. The van der Waals surface area contributed by atoms with Crippen LogP contribution in [0.25, 0.3) is 5.57 Å². The van der Waals surface area contributed by atoms with Crippen LogP contribution in [0.4, 0.5) is 4.39 Å². The van der Waals surface area contributed by atoms with Crippen LogP contribution in [0, 0.1) is 11.8 Å². The highest BCUT2D eigenvalue weighted by Crippen LogP contribution is 2.40. The molecular formula is C17H22BFO3S. The summed E-state index contributed by atoms with van der Waals surface area (Å²) in [4.78, 5) is 1.69. The summed E-state index contributed by atoms with van der Waals surface area (Å²) in [5.74, 6) is 5.88. The van der Waals surface area contributed by atoms with Crippen molar-refractivity contribution in [2.75, 3.05) is 13.7 Å². The van der Waals surface area contributed by atoms with E-state index >= 15 is 0 Å². The zero-order valence-corrected chi connectivity index (χ0v) is 15.3. The van der Waals surface area contributed by atoms with Gasteiger partial charge in [0.15, 0.2) is 0 Å². The van der Waals surface area contributed by atoms with Crippen molar-refractivity contribution in [3.63, 3.8) is 0 Å². The lowest BCUT2D eigenvalue weighted by atomic mass is 9.84. The average molecular weight is 336 g/mol. The highest BCUT2D eigenvalue weighted by Gasteiger charge is 2.53. The SMILES string of the molecule is COCC#Cc1ccc(C(C)=C(F)B2OC(C)(C)C(C)(C)O2)s1. The van der Waals surface area contributed by atoms with Crippen LogP contribution in [-0.2, 0) is 14.0 Å². The second-order valence-corrected chi connectivity index (χ2v) is 7.54. The van der Waals surface area contributed by atoms with Crippen molar-refractivity contribution in [1.82, 2.24) is 0 Å². The van der Waals surface area contributed by atoms with Crippen LogP contribution in [-0.4, -0.2) is 32.0 Å². The second-order valence-electron chi connectivity index (χ2n) is 6.46. The van der Waals surface area contributed by atoms with Crippen molar-refractivity contribution in [3.05, 3.63) is 27.6 Å². The molecule has 1 aliphatic rings. The molecule has 23 heavy (non-hydrogen) atoms. The summed E-state index contributed by atoms with van der Waals surface area (Å²) in [6.07, 6.45) is 0. The van der Waals surface area contributed by atoms with Gasteiger partial charge in [-0.05, 0) is 52.3 Å². The number of allylic oxidation sites excluding steroid dienone is 1. The second kappa shape index (κ2) is 6.78. The van der Waals surface area contributed by atoms with E-state index < -0.39 is 18.3 Å². The Balaban J connectivity index is 2.20. The molecular weight excluding hydrogens is 314 g/mol. The first-order chi connectivity index (χ1) is 10.7. The van der Waals surface area contributed by atoms with E-state index in [9.17, 15) is 4.39 Å². The third-order valence-corrected chi connectivity index (χ3v) is 5.34. The number of halogens is 1. The first kappa shape index (κ1) is 18.2. The van der Waals surface area contributed by atoms with Crippen molar-refractivity contribution in [2.24, 2.45) is 0 Å². The fourth-order valence-electron chi connectivity index (χ4n) is 2.04. The molecule has 124 valence electrons. The maximum absolute atomic E-state index is 14.8. The van der Waals surface area contributed by atoms with E-state index in [1.54, 1.807) is 14.0 Å². The lowest BCUT2D eigenvalue weighted by Gasteiger charge is -2.32. The molecule has 1 fully saturated rings. The maximum Gasteiger partial charge on any atom is 0.525 e. The summed E-state index contributed by atoms with van der Waals surface area (Å²) in [5.41, 5.74) is -0.974. The third-order valence-electron chi connectivity index (χ3n) is 4.22. The number of hydrogen-bond acceptors (Lipinski definition) is 4. The monoisotopic (exact) mass is 336 g/mol. The van der Waals surface area contributed by atoms with E-state index in [2.05, 4.69) is 11.8 Å². The Kier molecular flexibility index (Phi) is 5.37. The molecule has 0 aromatic carbocycles. The lowest BCUT2D eigenvalue weighted by molar-refractivity contribution is 0.00578. The molecule has 0 radical (unpaired) electrons. The van der Waals surface area contributed by atoms with Crippen molar-refractivity contribution in [3.8, 4) is 11.8 Å². The number of methoxy groups -OCH3 is 1. The molecule has 0 aliphatic carbocycles. The molecule has 1 aromatic heterocycles. The van der Waals surface area contributed by atoms with Gasteiger partial charge in [0.25, 0.3) is 0 Å². The van der Waals surface area contributed by atoms with Gasteiger partial charge in [0.05, 0.1) is 16.1 Å². The van der Waals surface area contributed by atoms with Crippen molar-refractivity contribution >= 4 is 24.0 Å². The topological polar surface area (TPSA) is 27.7 Å². The van der Waals surface area contributed by atoms with E-state index in [1.165, 1.54) is 11.3 Å². The maximum atomic E-state index is 14.8. The smallest absolute Gasteiger partial charge is 0.398 e. The van der Waals surface area contributed by atoms with Crippen LogP contribution < -0.4 is 0 Å². The Morgan fingerprint density at radius 2 is 1.87 bits per heavy atom. The molecule has 2 rings (SSSR count). The first-order valence-corrected chi connectivity index (χ1v) is 8.29. The minimum Gasteiger partial charge on any atom is -0.398 e. The number of rotatable bonds is 3. The van der Waals surface area contributed by atoms with E-state index in [1.807, 2.05) is 39.8 Å². The zero-order chi connectivity index (χ0) is 17.3. The average Bonchev–Trinajstić information content (AvgIpc) is 3.01. The van der Waals surface area contributed by atoms with Crippen molar-refractivity contribution in [2.45, 2.75) is 45.8 Å². The van der Waals surface area contributed by atoms with Crippen LogP contribution in [0.15, 0.2) is 17.9 Å². The Morgan fingerprint density at radius 1 is 1.26 bits per heavy atom. The van der Waals surface area contributed by atoms with Crippen LogP contribution in [0.5, 0.6) is 0 Å². The fraction of sp³-hybridized carbons (Fsp3) is 0.529. The van der Waals surface area contributed by atoms with Crippen molar-refractivity contribution < 1.29 is 18.4 Å². The molecule has 2 heterocycles. The van der Waals surface area contributed by atoms with Crippen LogP contribution in [0.3, 0.4) is 0 Å². The number of hydrogen-bond donors (Lipinski definition) is 0. The lowest BCUT2D eigenvalue weighted by Crippen LogP contribution is -2.41. The first-order valence-electron chi connectivity index (χ1n) is 7.48. The standard InChI is InChI=1S/C17H22BFO3S/c1-12(14-10-9-13(23-14)8-7-11-20-6)15(19)18-21-16(2,3)17(4,5)22-18/h9-10H,11H2,1-6H3. The van der Waals surface area contributed by atoms with Gasteiger partial charge < -0.3 is 14.0 Å². The van der Waals surface area contributed by atoms with Gasteiger partial charge in [0.1, 0.15) is 12.3 Å². The highest BCUT2D eigenvalue weighted by atomic mass is 32.1. The van der Waals surface area contributed by atoms with Crippen LogP contribution >= 0.6 is 11.3 Å². The minimum absolute atomic E-state index is 0.379. The molecule has 0 N–H and O–H groups in total. The summed E-state index contributed by atoms with van der Waals surface area (Å²) in [6.45, 7) is 9.74. The molecule has 0 bridgehead atoms. The molecule has 0 atom stereocenters. The predicted octanol–water partition coefficient (Wildman–Crippen LogP) is 4.08. The Hall–Kier alpha value is -1.13. The Morgan fingerprint density at radius 3 is 2.43 bits per heavy atom. The quantitative estimate of drug-likeness (QED) is 0.615. The molecule has 1 aromatic rings. The van der Waals surface area contributed by atoms with Gasteiger partial charge in [-0.3, -0.25) is 0 Å². The van der Waals surface area contributed by atoms with E-state index in [0.717, 1.165) is 9.75 Å². The Labute approximate surface area is 142 Å². The van der Waals surface area contributed by atoms with Gasteiger partial charge in [-0.2, -0.15) is 0 Å². The van der Waals surface area contributed by atoms with Gasteiger partial charge in [-0.25, -0.2) is 4.39 Å². The summed E-state index contributed by atoms with van der Waals surface area (Å²) >= 11 is 1.44. The summed E-state index contributed by atoms with van der Waals surface area (Å²) in [5, 5.41) is 0. The van der Waals surface area contributed by atoms with Gasteiger partial charge in [0.2, 0.25) is 0 Å². The number of ether oxygens (including phenoxy) is 1. The molecule has 3 nitrogen and oxygen atoms in total. The highest BCUT2D eigenvalue weighted by molar-refractivity contribution is 7.13.